The average Bonchev–Trinajstić information content (AvgIpc) is 2.69. The molecule has 29 heavy (non-hydrogen) atoms. The van der Waals surface area contributed by atoms with Gasteiger partial charge in [-0.3, -0.25) is 35.9 Å². The van der Waals surface area contributed by atoms with Crippen molar-refractivity contribution in [1.29, 1.82) is 0 Å². The number of amides is 2. The molecule has 0 aliphatic heterocycles. The smallest absolute Gasteiger partial charge is 0.276 e. The van der Waals surface area contributed by atoms with E-state index in [-0.39, 0.29) is 17.4 Å². The largest absolute Gasteiger partial charge is 0.484 e. The fourth-order valence-electron chi connectivity index (χ4n) is 2.08. The zero-order valence-electron chi connectivity index (χ0n) is 15.4. The molecule has 0 aromatic heterocycles. The van der Waals surface area contributed by atoms with E-state index in [9.17, 15) is 19.7 Å². The number of thiocarbonyl (C=S) groups is 1. The van der Waals surface area contributed by atoms with Crippen LogP contribution in [0.3, 0.4) is 0 Å². The third-order valence-corrected chi connectivity index (χ3v) is 3.65. The maximum atomic E-state index is 11.8. The number of aryl methyl sites for hydroxylation is 1. The summed E-state index contributed by atoms with van der Waals surface area (Å²) in [5.41, 5.74) is 6.26. The molecule has 2 amide bonds. The fourth-order valence-corrected chi connectivity index (χ4v) is 2.23. The lowest BCUT2D eigenvalue weighted by Gasteiger charge is -2.10. The van der Waals surface area contributed by atoms with Gasteiger partial charge in [-0.2, -0.15) is 0 Å². The van der Waals surface area contributed by atoms with Gasteiger partial charge in [-0.15, -0.1) is 0 Å². The van der Waals surface area contributed by atoms with Crippen LogP contribution in [0.25, 0.3) is 6.08 Å². The van der Waals surface area contributed by atoms with Crippen molar-refractivity contribution in [3.8, 4) is 5.75 Å². The van der Waals surface area contributed by atoms with E-state index in [2.05, 4.69) is 16.2 Å². The van der Waals surface area contributed by atoms with Crippen LogP contribution < -0.4 is 20.9 Å². The number of ether oxygens (including phenoxy) is 1. The van der Waals surface area contributed by atoms with E-state index in [1.807, 2.05) is 19.1 Å². The summed E-state index contributed by atoms with van der Waals surface area (Å²) in [6.45, 7) is 1.68. The predicted molar refractivity (Wildman–Crippen MR) is 111 cm³/mol. The van der Waals surface area contributed by atoms with Crippen LogP contribution in [0.4, 0.5) is 5.69 Å². The van der Waals surface area contributed by atoms with E-state index in [0.29, 0.717) is 11.3 Å². The minimum absolute atomic E-state index is 0.0425. The summed E-state index contributed by atoms with van der Waals surface area (Å²) in [5.74, 6) is -0.456. The summed E-state index contributed by atoms with van der Waals surface area (Å²) in [6.07, 6.45) is 2.67. The molecule has 0 bridgehead atoms. The van der Waals surface area contributed by atoms with Crippen molar-refractivity contribution in [1.82, 2.24) is 16.2 Å². The molecule has 150 valence electrons. The molecule has 0 atom stereocenters. The standard InChI is InChI=1S/C19H18N4O5S/c1-13-3-2-4-16(11-13)28-12-18(25)21-22-19(29)20-17(24)10-7-14-5-8-15(9-6-14)23(26)27/h2-11H,12H2,1H3,(H,21,25)(H2,20,22,24,29)/b10-7+. The molecular weight excluding hydrogens is 396 g/mol. The number of hydrogen-bond acceptors (Lipinski definition) is 6. The lowest BCUT2D eigenvalue weighted by Crippen LogP contribution is -2.49. The van der Waals surface area contributed by atoms with Gasteiger partial charge in [0.05, 0.1) is 4.92 Å². The molecule has 0 aliphatic rings. The second-order valence-electron chi connectivity index (χ2n) is 5.78. The second-order valence-corrected chi connectivity index (χ2v) is 6.19. The molecule has 0 fully saturated rings. The van der Waals surface area contributed by atoms with Crippen molar-refractivity contribution in [2.75, 3.05) is 6.61 Å². The molecule has 0 spiro atoms. The molecule has 10 heteroatoms. The normalized spacial score (nSPS) is 10.2. The first-order valence-electron chi connectivity index (χ1n) is 8.35. The Labute approximate surface area is 171 Å². The Morgan fingerprint density at radius 3 is 2.55 bits per heavy atom. The molecule has 0 aliphatic carbocycles. The fraction of sp³-hybridized carbons (Fsp3) is 0.105. The van der Waals surface area contributed by atoms with Gasteiger partial charge in [-0.1, -0.05) is 12.1 Å². The Bertz CT molecular complexity index is 944. The first kappa shape index (κ1) is 21.5. The number of hydrogen-bond donors (Lipinski definition) is 3. The van der Waals surface area contributed by atoms with Crippen molar-refractivity contribution < 1.29 is 19.2 Å². The van der Waals surface area contributed by atoms with Crippen LogP contribution in [0.1, 0.15) is 11.1 Å². The van der Waals surface area contributed by atoms with E-state index in [1.165, 1.54) is 36.4 Å². The van der Waals surface area contributed by atoms with Gasteiger partial charge in [0.15, 0.2) is 11.7 Å². The monoisotopic (exact) mass is 414 g/mol. The summed E-state index contributed by atoms with van der Waals surface area (Å²) >= 11 is 4.91. The number of nitro groups is 1. The van der Waals surface area contributed by atoms with E-state index >= 15 is 0 Å². The van der Waals surface area contributed by atoms with Gasteiger partial charge in [0.25, 0.3) is 11.6 Å². The zero-order valence-corrected chi connectivity index (χ0v) is 16.2. The highest BCUT2D eigenvalue weighted by Crippen LogP contribution is 2.13. The number of nitro benzene ring substituents is 1. The SMILES string of the molecule is Cc1cccc(OCC(=O)NNC(=S)NC(=O)/C=C/c2ccc([N+](=O)[O-])cc2)c1. The summed E-state index contributed by atoms with van der Waals surface area (Å²) in [6, 6.07) is 12.9. The molecule has 2 rings (SSSR count). The van der Waals surface area contributed by atoms with E-state index in [0.717, 1.165) is 5.56 Å². The minimum Gasteiger partial charge on any atom is -0.484 e. The van der Waals surface area contributed by atoms with Crippen molar-refractivity contribution in [2.24, 2.45) is 0 Å². The molecule has 2 aromatic carbocycles. The van der Waals surface area contributed by atoms with Crippen LogP contribution >= 0.6 is 12.2 Å². The van der Waals surface area contributed by atoms with Crippen LogP contribution in [0.2, 0.25) is 0 Å². The van der Waals surface area contributed by atoms with Gasteiger partial charge in [0.2, 0.25) is 5.91 Å². The van der Waals surface area contributed by atoms with Gasteiger partial charge in [0.1, 0.15) is 5.75 Å². The van der Waals surface area contributed by atoms with Crippen molar-refractivity contribution >= 4 is 40.9 Å². The third kappa shape index (κ3) is 7.77. The topological polar surface area (TPSA) is 123 Å². The van der Waals surface area contributed by atoms with E-state index in [1.54, 1.807) is 12.1 Å². The first-order chi connectivity index (χ1) is 13.8. The quantitative estimate of drug-likeness (QED) is 0.286. The number of hydrazine groups is 1. The average molecular weight is 414 g/mol. The molecule has 0 heterocycles. The number of benzene rings is 2. The van der Waals surface area contributed by atoms with Gasteiger partial charge in [0, 0.05) is 18.2 Å². The highest BCUT2D eigenvalue weighted by atomic mass is 32.1. The Hall–Kier alpha value is -3.79. The molecular formula is C19H18N4O5S. The molecule has 0 saturated carbocycles. The molecule has 3 N–H and O–H groups in total. The lowest BCUT2D eigenvalue weighted by atomic mass is 10.2. The number of carbonyl (C=O) groups excluding carboxylic acids is 2. The van der Waals surface area contributed by atoms with E-state index < -0.39 is 16.7 Å². The summed E-state index contributed by atoms with van der Waals surface area (Å²) in [7, 11) is 0. The van der Waals surface area contributed by atoms with Crippen molar-refractivity contribution in [3.63, 3.8) is 0 Å². The van der Waals surface area contributed by atoms with Gasteiger partial charge < -0.3 is 4.74 Å². The molecule has 2 aromatic rings. The summed E-state index contributed by atoms with van der Waals surface area (Å²) in [4.78, 5) is 33.7. The summed E-state index contributed by atoms with van der Waals surface area (Å²) < 4.78 is 5.34. The Morgan fingerprint density at radius 1 is 1.17 bits per heavy atom. The minimum atomic E-state index is -0.536. The zero-order chi connectivity index (χ0) is 21.2. The molecule has 9 nitrogen and oxygen atoms in total. The van der Waals surface area contributed by atoms with E-state index in [4.69, 9.17) is 17.0 Å². The second kappa shape index (κ2) is 10.5. The number of carbonyl (C=O) groups is 2. The molecule has 0 radical (unpaired) electrons. The van der Waals surface area contributed by atoms with Crippen molar-refractivity contribution in [2.45, 2.75) is 6.92 Å². The number of nitrogens with zero attached hydrogens (tertiary/aromatic N) is 1. The maximum absolute atomic E-state index is 11.8. The van der Waals surface area contributed by atoms with Crippen molar-refractivity contribution in [3.05, 3.63) is 75.8 Å². The number of rotatable bonds is 6. The van der Waals surface area contributed by atoms with Crippen LogP contribution in [-0.2, 0) is 9.59 Å². The molecule has 0 saturated heterocycles. The maximum Gasteiger partial charge on any atom is 0.276 e. The van der Waals surface area contributed by atoms with Gasteiger partial charge in [-0.25, -0.2) is 0 Å². The highest BCUT2D eigenvalue weighted by Gasteiger charge is 2.06. The number of nitrogens with one attached hydrogen (secondary N) is 3. The van der Waals surface area contributed by atoms with Crippen LogP contribution in [0.15, 0.2) is 54.6 Å². The van der Waals surface area contributed by atoms with Crippen LogP contribution in [0.5, 0.6) is 5.75 Å². The van der Waals surface area contributed by atoms with Gasteiger partial charge in [-0.05, 0) is 60.6 Å². The Kier molecular flexibility index (Phi) is 7.80. The Morgan fingerprint density at radius 2 is 1.90 bits per heavy atom. The predicted octanol–water partition coefficient (Wildman–Crippen LogP) is 2.02. The third-order valence-electron chi connectivity index (χ3n) is 3.44. The highest BCUT2D eigenvalue weighted by molar-refractivity contribution is 7.80. The lowest BCUT2D eigenvalue weighted by molar-refractivity contribution is -0.384. The first-order valence-corrected chi connectivity index (χ1v) is 8.76. The Balaban J connectivity index is 1.71. The van der Waals surface area contributed by atoms with Crippen LogP contribution in [0, 0.1) is 17.0 Å². The van der Waals surface area contributed by atoms with Gasteiger partial charge >= 0.3 is 0 Å². The van der Waals surface area contributed by atoms with Crippen LogP contribution in [-0.4, -0.2) is 28.5 Å². The number of non-ortho nitro benzene ring substituents is 1. The summed E-state index contributed by atoms with van der Waals surface area (Å²) in [5, 5.41) is 12.8. The molecule has 0 unspecified atom stereocenters.